The number of likely N-dealkylation sites (N-methyl/N-ethyl adjacent to an activating group) is 1. The number of unbranched alkanes of at least 4 members (excludes halogenated alkanes) is 3. The summed E-state index contributed by atoms with van der Waals surface area (Å²) in [5.41, 5.74) is 5.17. The van der Waals surface area contributed by atoms with Crippen molar-refractivity contribution in [2.24, 2.45) is 0 Å². The van der Waals surface area contributed by atoms with Crippen molar-refractivity contribution in [1.29, 1.82) is 0 Å². The van der Waals surface area contributed by atoms with E-state index in [0.29, 0.717) is 35.4 Å². The van der Waals surface area contributed by atoms with Crippen LogP contribution in [0.3, 0.4) is 0 Å². The van der Waals surface area contributed by atoms with Gasteiger partial charge in [0.15, 0.2) is 0 Å². The van der Waals surface area contributed by atoms with Gasteiger partial charge in [-0.3, -0.25) is 0 Å². The molecule has 0 spiro atoms. The maximum atomic E-state index is 13.9. The van der Waals surface area contributed by atoms with Crippen LogP contribution >= 0.6 is 0 Å². The molecule has 11 heteroatoms. The minimum absolute atomic E-state index is 0.0124. The summed E-state index contributed by atoms with van der Waals surface area (Å²) < 4.78 is 7.53. The number of hydrogen-bond acceptors (Lipinski definition) is 7. The minimum atomic E-state index is -1.05. The van der Waals surface area contributed by atoms with Gasteiger partial charge in [0.2, 0.25) is 0 Å². The number of aryl methyl sites for hydroxylation is 1. The number of carbonyl (C=O) groups is 3. The Labute approximate surface area is 279 Å². The van der Waals surface area contributed by atoms with E-state index in [1.165, 1.54) is 4.68 Å². The number of benzene rings is 2. The summed E-state index contributed by atoms with van der Waals surface area (Å²) in [4.78, 5) is 49.0. The van der Waals surface area contributed by atoms with Gasteiger partial charge in [0.05, 0.1) is 0 Å². The van der Waals surface area contributed by atoms with Crippen LogP contribution in [0.4, 0.5) is 21.0 Å². The summed E-state index contributed by atoms with van der Waals surface area (Å²) >= 11 is -1.05. The number of nitrogens with zero attached hydrogens (tertiary/aromatic N) is 6. The Morgan fingerprint density at radius 1 is 0.913 bits per heavy atom. The van der Waals surface area contributed by atoms with Gasteiger partial charge in [-0.25, -0.2) is 0 Å². The zero-order valence-corrected chi connectivity index (χ0v) is 29.5. The van der Waals surface area contributed by atoms with Gasteiger partial charge in [-0.1, -0.05) is 0 Å². The van der Waals surface area contributed by atoms with Gasteiger partial charge in [0.1, 0.15) is 0 Å². The molecule has 46 heavy (non-hydrogen) atoms. The second kappa shape index (κ2) is 15.8. The molecule has 0 N–H and O–H groups in total. The Kier molecular flexibility index (Phi) is 11.6. The van der Waals surface area contributed by atoms with E-state index in [-0.39, 0.29) is 17.1 Å². The fraction of sp³-hybridized carbons (Fsp3) is 0.486. The molecule has 1 saturated heterocycles. The van der Waals surface area contributed by atoms with E-state index in [1.54, 1.807) is 9.80 Å². The van der Waals surface area contributed by atoms with Crippen molar-refractivity contribution in [3.05, 3.63) is 70.9 Å². The number of piperazine rings is 1. The van der Waals surface area contributed by atoms with Crippen LogP contribution in [0.5, 0.6) is 0 Å². The Hall–Kier alpha value is -3.62. The molecule has 1 radical (unpaired) electrons. The molecule has 2 aliphatic rings. The van der Waals surface area contributed by atoms with E-state index in [0.717, 1.165) is 80.8 Å². The summed E-state index contributed by atoms with van der Waals surface area (Å²) in [7, 11) is 2.13. The normalized spacial score (nSPS) is 15.0. The average Bonchev–Trinajstić information content (AvgIpc) is 3.66. The molecule has 1 aromatic heterocycles. The summed E-state index contributed by atoms with van der Waals surface area (Å²) in [5.74, 6) is 0. The van der Waals surface area contributed by atoms with Crippen LogP contribution in [0.1, 0.15) is 73.6 Å². The van der Waals surface area contributed by atoms with Gasteiger partial charge in [-0.05, 0) is 0 Å². The molecular formula is C35H46AsN6O4. The van der Waals surface area contributed by atoms with Gasteiger partial charge in [0, 0.05) is 0 Å². The van der Waals surface area contributed by atoms with E-state index in [4.69, 9.17) is 4.74 Å². The number of hydrogen-bond donors (Lipinski definition) is 0. The van der Waals surface area contributed by atoms with E-state index in [1.807, 2.05) is 55.5 Å². The second-order valence-electron chi connectivity index (χ2n) is 12.0. The summed E-state index contributed by atoms with van der Waals surface area (Å²) in [6, 6.07) is 15.7. The molecule has 0 atom stereocenters. The summed E-state index contributed by atoms with van der Waals surface area (Å²) in [6.45, 7) is 11.5. The van der Waals surface area contributed by atoms with Gasteiger partial charge in [-0.2, -0.15) is 0 Å². The molecule has 0 saturated carbocycles. The van der Waals surface area contributed by atoms with Gasteiger partial charge >= 0.3 is 280 Å². The van der Waals surface area contributed by atoms with E-state index in [9.17, 15) is 14.4 Å². The third-order valence-corrected chi connectivity index (χ3v) is 11.0. The second-order valence-corrected chi connectivity index (χ2v) is 14.2. The summed E-state index contributed by atoms with van der Waals surface area (Å²) in [6.07, 6.45) is 4.23. The Morgan fingerprint density at radius 2 is 1.65 bits per heavy atom. The SMILES string of the molecule is CCCCCCOC(=O)n1nc([As]C(=O)c2ccc(N3CCN(C)CC3)cc2)c2c1CN(C(=O)N(CC)c1ccccc1CC)C2. The fourth-order valence-electron chi connectivity index (χ4n) is 6.04. The van der Waals surface area contributed by atoms with Crippen molar-refractivity contribution < 1.29 is 19.1 Å². The first-order chi connectivity index (χ1) is 22.3. The first-order valence-electron chi connectivity index (χ1n) is 16.6. The zero-order valence-electron chi connectivity index (χ0n) is 27.6. The molecule has 10 nitrogen and oxygen atoms in total. The zero-order chi connectivity index (χ0) is 32.6. The van der Waals surface area contributed by atoms with Crippen LogP contribution in [-0.4, -0.2) is 98.4 Å². The van der Waals surface area contributed by atoms with Crippen molar-refractivity contribution in [2.75, 3.05) is 56.2 Å². The van der Waals surface area contributed by atoms with Crippen LogP contribution in [0.15, 0.2) is 48.5 Å². The Balaban J connectivity index is 1.35. The van der Waals surface area contributed by atoms with E-state index < -0.39 is 21.8 Å². The van der Waals surface area contributed by atoms with Crippen molar-refractivity contribution in [3.8, 4) is 0 Å². The van der Waals surface area contributed by atoms with E-state index in [2.05, 4.69) is 35.8 Å². The molecule has 3 heterocycles. The van der Waals surface area contributed by atoms with Gasteiger partial charge in [-0.15, -0.1) is 0 Å². The standard InChI is InChI=1S/C35H46AsN6O4/c1-5-8-9-12-23-46-35(45)42-31-25-40(34(44)41(7-3)30-14-11-10-13-26(30)6-2)24-29(31)32(37-42)36-33(43)27-15-17-28(18-16-27)39-21-19-38(4)20-22-39/h10-11,13-18H,5-9,12,19-25H2,1-4H3. The van der Waals surface area contributed by atoms with Crippen LogP contribution < -0.4 is 14.3 Å². The summed E-state index contributed by atoms with van der Waals surface area (Å²) in [5, 5.41) is 4.65. The van der Waals surface area contributed by atoms with Crippen LogP contribution in [-0.2, 0) is 24.2 Å². The molecule has 2 amide bonds. The quantitative estimate of drug-likeness (QED) is 0.198. The maximum absolute atomic E-state index is 13.9. The molecule has 1 fully saturated rings. The third kappa shape index (κ3) is 7.67. The molecule has 2 aliphatic heterocycles. The van der Waals surface area contributed by atoms with Crippen LogP contribution in [0.2, 0.25) is 0 Å². The molecule has 245 valence electrons. The molecule has 2 aromatic carbocycles. The van der Waals surface area contributed by atoms with Crippen LogP contribution in [0, 0.1) is 0 Å². The van der Waals surface area contributed by atoms with Gasteiger partial charge < -0.3 is 0 Å². The van der Waals surface area contributed by atoms with Crippen LogP contribution in [0.25, 0.3) is 0 Å². The molecule has 0 bridgehead atoms. The van der Waals surface area contributed by atoms with E-state index >= 15 is 0 Å². The van der Waals surface area contributed by atoms with Crippen molar-refractivity contribution in [2.45, 2.75) is 66.0 Å². The monoisotopic (exact) mass is 689 g/mol. The van der Waals surface area contributed by atoms with Gasteiger partial charge in [0.25, 0.3) is 0 Å². The van der Waals surface area contributed by atoms with Crippen molar-refractivity contribution in [3.63, 3.8) is 0 Å². The average molecular weight is 690 g/mol. The first-order valence-corrected chi connectivity index (χ1v) is 18.4. The molecule has 0 unspecified atom stereocenters. The van der Waals surface area contributed by atoms with Crippen molar-refractivity contribution >= 4 is 48.3 Å². The topological polar surface area (TPSA) is 91.2 Å². The number of fused-ring (bicyclic) bond motifs is 1. The third-order valence-electron chi connectivity index (χ3n) is 8.83. The molecule has 5 rings (SSSR count). The number of anilines is 2. The molecule has 0 aliphatic carbocycles. The number of urea groups is 1. The molecule has 3 aromatic rings. The van der Waals surface area contributed by atoms with Crippen molar-refractivity contribution in [1.82, 2.24) is 19.6 Å². The number of rotatable bonds is 12. The number of aromatic nitrogens is 2. The first kappa shape index (κ1) is 33.7. The fourth-order valence-corrected chi connectivity index (χ4v) is 8.01. The predicted octanol–water partition coefficient (Wildman–Crippen LogP) is 4.89. The number of carbonyl (C=O) groups excluding carboxylic acids is 3. The number of para-hydroxylation sites is 1. The Bertz CT molecular complexity index is 1520. The molecular weight excluding hydrogens is 643 g/mol. The number of ether oxygens (including phenoxy) is 1. The predicted molar refractivity (Wildman–Crippen MR) is 182 cm³/mol. The Morgan fingerprint density at radius 3 is 2.35 bits per heavy atom. The number of amides is 2.